The van der Waals surface area contributed by atoms with Crippen LogP contribution in [0.15, 0.2) is 42.5 Å². The molecule has 0 saturated carbocycles. The molecular weight excluding hydrogens is 232 g/mol. The molecule has 2 aromatic rings. The molecule has 2 rings (SSSR count). The highest BCUT2D eigenvalue weighted by atomic mass is 28.4. The molecule has 3 nitrogen and oxygen atoms in total. The van der Waals surface area contributed by atoms with Crippen molar-refractivity contribution in [3.8, 4) is 0 Å². The average Bonchev–Trinajstić information content (AvgIpc) is 2.41. The smallest absolute Gasteiger partial charge is 0.394 e. The Morgan fingerprint density at radius 1 is 1.00 bits per heavy atom. The van der Waals surface area contributed by atoms with Crippen LogP contribution in [0.1, 0.15) is 0 Å². The van der Waals surface area contributed by atoms with Gasteiger partial charge < -0.3 is 14.0 Å². The molecule has 1 N–H and O–H groups in total. The van der Waals surface area contributed by atoms with Crippen LogP contribution in [0.4, 0.5) is 0 Å². The molecule has 4 heteroatoms. The highest BCUT2D eigenvalue weighted by Gasteiger charge is 2.37. The summed E-state index contributed by atoms with van der Waals surface area (Å²) in [4.78, 5) is 0. The predicted octanol–water partition coefficient (Wildman–Crippen LogP) is 1.31. The van der Waals surface area contributed by atoms with Gasteiger partial charge in [-0.3, -0.25) is 0 Å². The summed E-state index contributed by atoms with van der Waals surface area (Å²) < 4.78 is 10.9. The summed E-state index contributed by atoms with van der Waals surface area (Å²) in [7, 11) is 0.514. The van der Waals surface area contributed by atoms with E-state index in [0.29, 0.717) is 0 Å². The number of aliphatic hydroxyl groups excluding tert-OH is 1. The molecule has 0 atom stereocenters. The number of hydrogen-bond donors (Lipinski definition) is 1. The van der Waals surface area contributed by atoms with Gasteiger partial charge in [0, 0.05) is 14.2 Å². The Hall–Kier alpha value is -1.20. The maximum Gasteiger partial charge on any atom is 0.398 e. The van der Waals surface area contributed by atoms with Crippen molar-refractivity contribution in [3.63, 3.8) is 0 Å². The second kappa shape index (κ2) is 4.97. The van der Waals surface area contributed by atoms with Gasteiger partial charge in [0.15, 0.2) is 0 Å². The minimum Gasteiger partial charge on any atom is -0.394 e. The van der Waals surface area contributed by atoms with Gasteiger partial charge in [-0.1, -0.05) is 42.5 Å². The van der Waals surface area contributed by atoms with Gasteiger partial charge in [-0.05, 0) is 16.0 Å². The molecule has 0 fully saturated rings. The lowest BCUT2D eigenvalue weighted by atomic mass is 10.1. The summed E-state index contributed by atoms with van der Waals surface area (Å²) in [6.45, 7) is 0. The Kier molecular flexibility index (Phi) is 3.59. The molecule has 0 aromatic heterocycles. The first kappa shape index (κ1) is 12.3. The SMILES string of the molecule is CO[Si](CO)(OC)c1ccc2ccccc2c1. The number of aliphatic hydroxyl groups is 1. The van der Waals surface area contributed by atoms with Crippen molar-refractivity contribution in [2.24, 2.45) is 0 Å². The number of rotatable bonds is 4. The predicted molar refractivity (Wildman–Crippen MR) is 70.4 cm³/mol. The minimum absolute atomic E-state index is 0.0850. The third kappa shape index (κ3) is 2.12. The molecule has 0 aliphatic rings. The van der Waals surface area contributed by atoms with E-state index in [-0.39, 0.29) is 6.23 Å². The van der Waals surface area contributed by atoms with Gasteiger partial charge in [0.25, 0.3) is 0 Å². The maximum atomic E-state index is 9.51. The Bertz CT molecular complexity index is 500. The zero-order valence-electron chi connectivity index (χ0n) is 10.0. The first-order valence-electron chi connectivity index (χ1n) is 5.46. The fourth-order valence-corrected chi connectivity index (χ4v) is 3.76. The quantitative estimate of drug-likeness (QED) is 0.829. The summed E-state index contributed by atoms with van der Waals surface area (Å²) in [6.07, 6.45) is -0.0850. The maximum absolute atomic E-state index is 9.51. The summed E-state index contributed by atoms with van der Waals surface area (Å²) in [5.74, 6) is 0. The normalized spacial score (nSPS) is 11.9. The van der Waals surface area contributed by atoms with Gasteiger partial charge in [0.1, 0.15) is 0 Å². The van der Waals surface area contributed by atoms with Crippen molar-refractivity contribution in [2.75, 3.05) is 20.4 Å². The van der Waals surface area contributed by atoms with Crippen LogP contribution in [-0.4, -0.2) is 34.1 Å². The van der Waals surface area contributed by atoms with Crippen LogP contribution < -0.4 is 5.19 Å². The van der Waals surface area contributed by atoms with Crippen molar-refractivity contribution in [1.29, 1.82) is 0 Å². The van der Waals surface area contributed by atoms with Crippen LogP contribution in [0, 0.1) is 0 Å². The third-order valence-corrected chi connectivity index (χ3v) is 5.98. The van der Waals surface area contributed by atoms with E-state index in [2.05, 4.69) is 6.07 Å². The highest BCUT2D eigenvalue weighted by Crippen LogP contribution is 2.14. The molecule has 0 radical (unpaired) electrons. The van der Waals surface area contributed by atoms with Gasteiger partial charge in [-0.2, -0.15) is 0 Å². The lowest BCUT2D eigenvalue weighted by molar-refractivity contribution is 0.211. The van der Waals surface area contributed by atoms with Crippen LogP contribution in [0.3, 0.4) is 0 Å². The molecule has 0 aliphatic carbocycles. The molecular formula is C13H16O3Si. The number of benzene rings is 2. The Morgan fingerprint density at radius 3 is 2.24 bits per heavy atom. The van der Waals surface area contributed by atoms with Crippen LogP contribution in [0.2, 0.25) is 0 Å². The molecule has 0 amide bonds. The standard InChI is InChI=1S/C13H16O3Si/c1-15-17(10-14,16-2)13-8-7-11-5-3-4-6-12(11)9-13/h3-9,14H,10H2,1-2H3. The van der Waals surface area contributed by atoms with Gasteiger partial charge >= 0.3 is 8.56 Å². The van der Waals surface area contributed by atoms with E-state index in [1.807, 2.05) is 36.4 Å². The fourth-order valence-electron chi connectivity index (χ4n) is 1.97. The van der Waals surface area contributed by atoms with Crippen molar-refractivity contribution in [1.82, 2.24) is 0 Å². The largest absolute Gasteiger partial charge is 0.398 e. The summed E-state index contributed by atoms with van der Waals surface area (Å²) in [5, 5.41) is 12.8. The molecule has 0 saturated heterocycles. The molecule has 17 heavy (non-hydrogen) atoms. The van der Waals surface area contributed by atoms with E-state index in [1.165, 1.54) is 5.39 Å². The first-order chi connectivity index (χ1) is 8.25. The van der Waals surface area contributed by atoms with E-state index >= 15 is 0 Å². The summed E-state index contributed by atoms with van der Waals surface area (Å²) in [5.41, 5.74) is 0. The zero-order valence-corrected chi connectivity index (χ0v) is 11.0. The molecule has 90 valence electrons. The van der Waals surface area contributed by atoms with Crippen LogP contribution >= 0.6 is 0 Å². The van der Waals surface area contributed by atoms with Gasteiger partial charge in [0.2, 0.25) is 0 Å². The van der Waals surface area contributed by atoms with E-state index in [0.717, 1.165) is 10.6 Å². The fraction of sp³-hybridized carbons (Fsp3) is 0.231. The van der Waals surface area contributed by atoms with Crippen molar-refractivity contribution in [3.05, 3.63) is 42.5 Å². The van der Waals surface area contributed by atoms with Crippen LogP contribution in [0.5, 0.6) is 0 Å². The monoisotopic (exact) mass is 248 g/mol. The molecule has 0 heterocycles. The van der Waals surface area contributed by atoms with E-state index in [1.54, 1.807) is 14.2 Å². The highest BCUT2D eigenvalue weighted by molar-refractivity contribution is 6.81. The van der Waals surface area contributed by atoms with E-state index in [4.69, 9.17) is 8.85 Å². The lowest BCUT2D eigenvalue weighted by Crippen LogP contribution is -2.56. The van der Waals surface area contributed by atoms with Crippen molar-refractivity contribution >= 4 is 24.5 Å². The van der Waals surface area contributed by atoms with Gasteiger partial charge in [0.05, 0.1) is 6.23 Å². The molecule has 0 spiro atoms. The van der Waals surface area contributed by atoms with Crippen LogP contribution in [-0.2, 0) is 8.85 Å². The third-order valence-electron chi connectivity index (χ3n) is 3.06. The zero-order chi connectivity index (χ0) is 12.3. The summed E-state index contributed by atoms with van der Waals surface area (Å²) >= 11 is 0. The van der Waals surface area contributed by atoms with Gasteiger partial charge in [-0.15, -0.1) is 0 Å². The molecule has 0 bridgehead atoms. The molecule has 2 aromatic carbocycles. The molecule has 0 unspecified atom stereocenters. The Balaban J connectivity index is 2.55. The second-order valence-electron chi connectivity index (χ2n) is 3.88. The Morgan fingerprint density at radius 2 is 1.65 bits per heavy atom. The first-order valence-corrected chi connectivity index (χ1v) is 7.48. The number of fused-ring (bicyclic) bond motifs is 1. The van der Waals surface area contributed by atoms with E-state index < -0.39 is 8.56 Å². The summed E-state index contributed by atoms with van der Waals surface area (Å²) in [6, 6.07) is 14.1. The van der Waals surface area contributed by atoms with E-state index in [9.17, 15) is 5.11 Å². The van der Waals surface area contributed by atoms with Crippen molar-refractivity contribution < 1.29 is 14.0 Å². The Labute approximate surface area is 102 Å². The average molecular weight is 248 g/mol. The van der Waals surface area contributed by atoms with Crippen molar-refractivity contribution in [2.45, 2.75) is 0 Å². The second-order valence-corrected chi connectivity index (χ2v) is 7.10. The lowest BCUT2D eigenvalue weighted by Gasteiger charge is -2.25. The van der Waals surface area contributed by atoms with Gasteiger partial charge in [-0.25, -0.2) is 0 Å². The molecule has 0 aliphatic heterocycles. The number of hydrogen-bond acceptors (Lipinski definition) is 3. The minimum atomic E-state index is -2.66. The topological polar surface area (TPSA) is 38.7 Å². The van der Waals surface area contributed by atoms with Crippen LogP contribution in [0.25, 0.3) is 10.8 Å².